The van der Waals surface area contributed by atoms with E-state index >= 15 is 0 Å². The van der Waals surface area contributed by atoms with Gasteiger partial charge < -0.3 is 19.5 Å². The second kappa shape index (κ2) is 8.91. The Morgan fingerprint density at radius 2 is 2.03 bits per heavy atom. The van der Waals surface area contributed by atoms with Crippen molar-refractivity contribution >= 4 is 11.6 Å². The molecule has 1 aliphatic heterocycles. The van der Waals surface area contributed by atoms with Crippen molar-refractivity contribution in [3.05, 3.63) is 47.2 Å². The maximum Gasteiger partial charge on any atom is 0.416 e. The highest BCUT2D eigenvalue weighted by molar-refractivity contribution is 6.06. The van der Waals surface area contributed by atoms with Crippen LogP contribution in [-0.2, 0) is 10.9 Å². The highest BCUT2D eigenvalue weighted by Gasteiger charge is 2.33. The molecule has 30 heavy (non-hydrogen) atoms. The van der Waals surface area contributed by atoms with E-state index in [9.17, 15) is 18.0 Å². The van der Waals surface area contributed by atoms with Crippen LogP contribution in [0.1, 0.15) is 35.0 Å². The quantitative estimate of drug-likeness (QED) is 0.767. The van der Waals surface area contributed by atoms with Gasteiger partial charge in [0.1, 0.15) is 11.9 Å². The minimum Gasteiger partial charge on any atom is -0.489 e. The number of benzene rings is 1. The van der Waals surface area contributed by atoms with Crippen LogP contribution in [0.2, 0.25) is 0 Å². The number of pyridine rings is 1. The lowest BCUT2D eigenvalue weighted by Gasteiger charge is -2.30. The summed E-state index contributed by atoms with van der Waals surface area (Å²) in [6, 6.07) is 6.06. The van der Waals surface area contributed by atoms with E-state index in [2.05, 4.69) is 10.3 Å². The fourth-order valence-corrected chi connectivity index (χ4v) is 3.16. The molecule has 9 heteroatoms. The molecule has 2 aromatic rings. The van der Waals surface area contributed by atoms with E-state index in [0.29, 0.717) is 36.9 Å². The number of hydrogen-bond acceptors (Lipinski definition) is 5. The summed E-state index contributed by atoms with van der Waals surface area (Å²) in [5, 5.41) is 2.68. The molecule has 0 aliphatic carbocycles. The molecule has 1 amide bonds. The fourth-order valence-electron chi connectivity index (χ4n) is 3.16. The third-order valence-corrected chi connectivity index (χ3v) is 4.91. The minimum absolute atomic E-state index is 0.0110. The topological polar surface area (TPSA) is 69.7 Å². The summed E-state index contributed by atoms with van der Waals surface area (Å²) < 4.78 is 56.0. The van der Waals surface area contributed by atoms with Crippen LogP contribution in [0, 0.1) is 12.8 Å². The molecule has 0 radical (unpaired) electrons. The van der Waals surface area contributed by atoms with Gasteiger partial charge in [-0.1, -0.05) is 6.92 Å². The number of nitrogens with zero attached hydrogens (tertiary/aromatic N) is 1. The number of anilines is 1. The molecule has 1 aromatic carbocycles. The highest BCUT2D eigenvalue weighted by atomic mass is 19.4. The molecule has 1 fully saturated rings. The number of halogens is 3. The Balaban J connectivity index is 1.91. The predicted molar refractivity (Wildman–Crippen MR) is 104 cm³/mol. The van der Waals surface area contributed by atoms with Crippen LogP contribution in [0.3, 0.4) is 0 Å². The van der Waals surface area contributed by atoms with Gasteiger partial charge in [0.2, 0.25) is 5.88 Å². The molecule has 6 nitrogen and oxygen atoms in total. The molecular formula is C21H23F3N2O4. The van der Waals surface area contributed by atoms with Gasteiger partial charge in [0.15, 0.2) is 0 Å². The van der Waals surface area contributed by atoms with Crippen molar-refractivity contribution in [2.45, 2.75) is 32.5 Å². The fraction of sp³-hybridized carbons (Fsp3) is 0.429. The van der Waals surface area contributed by atoms with Crippen molar-refractivity contribution in [1.82, 2.24) is 4.98 Å². The number of carbonyl (C=O) groups excluding carboxylic acids is 1. The van der Waals surface area contributed by atoms with Crippen molar-refractivity contribution in [2.75, 3.05) is 25.6 Å². The Morgan fingerprint density at radius 1 is 1.27 bits per heavy atom. The van der Waals surface area contributed by atoms with Gasteiger partial charge in [-0.25, -0.2) is 4.98 Å². The number of aromatic nitrogens is 1. The Morgan fingerprint density at radius 3 is 2.67 bits per heavy atom. The average Bonchev–Trinajstić information content (AvgIpc) is 2.70. The Bertz CT molecular complexity index is 918. The van der Waals surface area contributed by atoms with Gasteiger partial charge in [-0.3, -0.25) is 4.79 Å². The first-order valence-electron chi connectivity index (χ1n) is 9.47. The first-order valence-corrected chi connectivity index (χ1v) is 9.47. The second-order valence-corrected chi connectivity index (χ2v) is 7.15. The van der Waals surface area contributed by atoms with Crippen LogP contribution in [0.25, 0.3) is 0 Å². The van der Waals surface area contributed by atoms with E-state index in [1.807, 2.05) is 6.92 Å². The van der Waals surface area contributed by atoms with Crippen LogP contribution in [-0.4, -0.2) is 37.3 Å². The van der Waals surface area contributed by atoms with E-state index < -0.39 is 17.6 Å². The number of alkyl halides is 3. The molecule has 1 aromatic heterocycles. The van der Waals surface area contributed by atoms with E-state index in [1.54, 1.807) is 19.1 Å². The Kier molecular flexibility index (Phi) is 6.50. The third-order valence-electron chi connectivity index (χ3n) is 4.91. The maximum absolute atomic E-state index is 13.2. The van der Waals surface area contributed by atoms with Crippen LogP contribution < -0.4 is 14.8 Å². The number of hydrogen-bond donors (Lipinski definition) is 1. The van der Waals surface area contributed by atoms with E-state index in [1.165, 1.54) is 7.11 Å². The maximum atomic E-state index is 13.2. The van der Waals surface area contributed by atoms with Gasteiger partial charge in [-0.2, -0.15) is 13.2 Å². The van der Waals surface area contributed by atoms with Crippen LogP contribution in [0.4, 0.5) is 18.9 Å². The Labute approximate surface area is 172 Å². The number of methoxy groups -OCH3 is 1. The first-order chi connectivity index (χ1) is 14.2. The number of nitrogens with one attached hydrogen (secondary N) is 1. The zero-order chi connectivity index (χ0) is 21.9. The zero-order valence-corrected chi connectivity index (χ0v) is 16.9. The molecule has 3 rings (SSSR count). The molecule has 162 valence electrons. The summed E-state index contributed by atoms with van der Waals surface area (Å²) in [4.78, 5) is 17.0. The van der Waals surface area contributed by atoms with Gasteiger partial charge in [-0.05, 0) is 31.2 Å². The summed E-state index contributed by atoms with van der Waals surface area (Å²) in [7, 11) is 1.48. The smallest absolute Gasteiger partial charge is 0.416 e. The second-order valence-electron chi connectivity index (χ2n) is 7.15. The largest absolute Gasteiger partial charge is 0.489 e. The summed E-state index contributed by atoms with van der Waals surface area (Å²) in [6.45, 7) is 4.48. The Hall–Kier alpha value is -2.81. The van der Waals surface area contributed by atoms with Gasteiger partial charge in [0.05, 0.1) is 42.8 Å². The molecule has 2 atom stereocenters. The zero-order valence-electron chi connectivity index (χ0n) is 16.9. The van der Waals surface area contributed by atoms with Crippen molar-refractivity contribution in [2.24, 2.45) is 5.92 Å². The molecule has 2 heterocycles. The number of aryl methyl sites for hydroxylation is 1. The van der Waals surface area contributed by atoms with Crippen molar-refractivity contribution in [1.29, 1.82) is 0 Å². The summed E-state index contributed by atoms with van der Waals surface area (Å²) in [6.07, 6.45) is -4.37. The average molecular weight is 424 g/mol. The van der Waals surface area contributed by atoms with Gasteiger partial charge >= 0.3 is 6.18 Å². The van der Waals surface area contributed by atoms with E-state index in [-0.39, 0.29) is 23.3 Å². The summed E-state index contributed by atoms with van der Waals surface area (Å²) in [5.74, 6) is -0.330. The molecular weight excluding hydrogens is 401 g/mol. The van der Waals surface area contributed by atoms with Gasteiger partial charge in [-0.15, -0.1) is 0 Å². The molecule has 1 N–H and O–H groups in total. The monoisotopic (exact) mass is 424 g/mol. The number of rotatable bonds is 5. The van der Waals surface area contributed by atoms with Crippen LogP contribution in [0.5, 0.6) is 11.6 Å². The molecule has 1 saturated heterocycles. The minimum atomic E-state index is -4.55. The van der Waals surface area contributed by atoms with Crippen LogP contribution in [0.15, 0.2) is 30.3 Å². The normalized spacial score (nSPS) is 19.3. The molecule has 0 saturated carbocycles. The highest BCUT2D eigenvalue weighted by Crippen LogP contribution is 2.35. The lowest BCUT2D eigenvalue weighted by molar-refractivity contribution is -0.137. The van der Waals surface area contributed by atoms with Crippen molar-refractivity contribution in [3.8, 4) is 11.6 Å². The predicted octanol–water partition coefficient (Wildman–Crippen LogP) is 4.47. The SMILES string of the molecule is COc1ccc(NC(=O)c2ccc(C(F)(F)F)cc2O[C@H]2CCOC[C@@H]2C)c(C)n1. The van der Waals surface area contributed by atoms with Crippen LogP contribution >= 0.6 is 0 Å². The first kappa shape index (κ1) is 21.9. The van der Waals surface area contributed by atoms with Crippen molar-refractivity contribution < 1.29 is 32.2 Å². The van der Waals surface area contributed by atoms with Gasteiger partial charge in [0.25, 0.3) is 5.91 Å². The number of carbonyl (C=O) groups is 1. The molecule has 0 bridgehead atoms. The molecule has 0 unspecified atom stereocenters. The lowest BCUT2D eigenvalue weighted by Crippen LogP contribution is -2.35. The molecule has 1 aliphatic rings. The lowest BCUT2D eigenvalue weighted by atomic mass is 10.0. The number of ether oxygens (including phenoxy) is 3. The number of amides is 1. The third kappa shape index (κ3) is 5.02. The van der Waals surface area contributed by atoms with E-state index in [4.69, 9.17) is 14.2 Å². The standard InChI is InChI=1S/C21H23F3N2O4/c1-12-11-29-9-8-17(12)30-18-10-14(21(22,23)24)4-5-15(18)20(27)26-16-6-7-19(28-3)25-13(16)2/h4-7,10,12,17H,8-9,11H2,1-3H3,(H,26,27)/t12-,17-/m0/s1. The van der Waals surface area contributed by atoms with E-state index in [0.717, 1.165) is 18.2 Å². The van der Waals surface area contributed by atoms with Gasteiger partial charge in [0, 0.05) is 18.4 Å². The molecule has 0 spiro atoms. The summed E-state index contributed by atoms with van der Waals surface area (Å²) >= 11 is 0. The van der Waals surface area contributed by atoms with Crippen molar-refractivity contribution in [3.63, 3.8) is 0 Å². The summed E-state index contributed by atoms with van der Waals surface area (Å²) in [5.41, 5.74) is 0.0641.